The third-order valence-electron chi connectivity index (χ3n) is 4.01. The zero-order valence-electron chi connectivity index (χ0n) is 11.9. The molecule has 1 N–H and O–H groups in total. The van der Waals surface area contributed by atoms with Crippen LogP contribution in [0.5, 0.6) is 0 Å². The van der Waals surface area contributed by atoms with Gasteiger partial charge in [-0.05, 0) is 31.7 Å². The lowest BCUT2D eigenvalue weighted by Gasteiger charge is -2.30. The zero-order chi connectivity index (χ0) is 12.8. The molecule has 2 rings (SSSR count). The number of nitrogens with one attached hydrogen (secondary N) is 1. The summed E-state index contributed by atoms with van der Waals surface area (Å²) in [5, 5.41) is 8.15. The van der Waals surface area contributed by atoms with E-state index in [1.54, 1.807) is 0 Å². The molecule has 0 saturated heterocycles. The summed E-state index contributed by atoms with van der Waals surface area (Å²) in [7, 11) is 0. The summed E-state index contributed by atoms with van der Waals surface area (Å²) >= 11 is 0. The molecule has 1 fully saturated rings. The highest BCUT2D eigenvalue weighted by atomic mass is 15.3. The van der Waals surface area contributed by atoms with E-state index in [0.717, 1.165) is 25.4 Å². The smallest absolute Gasteiger partial charge is 0.0537 e. The molecule has 1 aliphatic rings. The summed E-state index contributed by atoms with van der Waals surface area (Å²) in [4.78, 5) is 0. The first-order chi connectivity index (χ1) is 8.85. The Hall–Kier alpha value is -0.830. The van der Waals surface area contributed by atoms with Crippen LogP contribution in [0.2, 0.25) is 0 Å². The maximum atomic E-state index is 4.48. The molecule has 1 heterocycles. The molecule has 0 bridgehead atoms. The minimum absolute atomic E-state index is 0.515. The second-order valence-corrected chi connectivity index (χ2v) is 5.47. The Kier molecular flexibility index (Phi) is 5.24. The van der Waals surface area contributed by atoms with Gasteiger partial charge in [-0.2, -0.15) is 5.10 Å². The predicted octanol–water partition coefficient (Wildman–Crippen LogP) is 3.52. The molecule has 3 heteroatoms. The first-order valence-electron chi connectivity index (χ1n) is 7.60. The van der Waals surface area contributed by atoms with E-state index in [-0.39, 0.29) is 0 Å². The fourth-order valence-electron chi connectivity index (χ4n) is 3.14. The van der Waals surface area contributed by atoms with Crippen LogP contribution in [0.4, 0.5) is 0 Å². The van der Waals surface area contributed by atoms with Gasteiger partial charge in [0.05, 0.1) is 6.20 Å². The van der Waals surface area contributed by atoms with E-state index >= 15 is 0 Å². The van der Waals surface area contributed by atoms with Crippen LogP contribution in [0, 0.1) is 5.92 Å². The standard InChI is InChI=1S/C15H27N3/c1-3-10-18-12-14(11-17-18)15(16-4-2)13-8-6-5-7-9-13/h11-13,15-16H,3-10H2,1-2H3. The lowest BCUT2D eigenvalue weighted by Crippen LogP contribution is -2.29. The van der Waals surface area contributed by atoms with Gasteiger partial charge in [0, 0.05) is 24.3 Å². The van der Waals surface area contributed by atoms with E-state index in [0.29, 0.717) is 6.04 Å². The van der Waals surface area contributed by atoms with Gasteiger partial charge in [-0.15, -0.1) is 0 Å². The van der Waals surface area contributed by atoms with Crippen LogP contribution in [-0.4, -0.2) is 16.3 Å². The van der Waals surface area contributed by atoms with Crippen molar-refractivity contribution in [3.63, 3.8) is 0 Å². The molecule has 1 unspecified atom stereocenters. The molecule has 0 amide bonds. The summed E-state index contributed by atoms with van der Waals surface area (Å²) in [5.41, 5.74) is 1.39. The third kappa shape index (κ3) is 3.35. The van der Waals surface area contributed by atoms with E-state index in [4.69, 9.17) is 0 Å². The molecule has 102 valence electrons. The first-order valence-corrected chi connectivity index (χ1v) is 7.60. The van der Waals surface area contributed by atoms with Crippen molar-refractivity contribution >= 4 is 0 Å². The number of hydrogen-bond donors (Lipinski definition) is 1. The van der Waals surface area contributed by atoms with Gasteiger partial charge in [0.1, 0.15) is 0 Å². The van der Waals surface area contributed by atoms with Crippen LogP contribution in [0.25, 0.3) is 0 Å². The van der Waals surface area contributed by atoms with E-state index in [1.807, 2.05) is 0 Å². The molecule has 1 atom stereocenters. The summed E-state index contributed by atoms with van der Waals surface area (Å²) in [6, 6.07) is 0.515. The molecule has 18 heavy (non-hydrogen) atoms. The molecule has 0 aliphatic heterocycles. The van der Waals surface area contributed by atoms with Crippen LogP contribution >= 0.6 is 0 Å². The van der Waals surface area contributed by atoms with Crippen LogP contribution in [-0.2, 0) is 6.54 Å². The third-order valence-corrected chi connectivity index (χ3v) is 4.01. The highest BCUT2D eigenvalue weighted by Gasteiger charge is 2.25. The van der Waals surface area contributed by atoms with Gasteiger partial charge in [0.25, 0.3) is 0 Å². The van der Waals surface area contributed by atoms with Crippen LogP contribution in [0.3, 0.4) is 0 Å². The van der Waals surface area contributed by atoms with Crippen molar-refractivity contribution in [2.24, 2.45) is 5.92 Å². The molecular formula is C15H27N3. The van der Waals surface area contributed by atoms with Gasteiger partial charge >= 0.3 is 0 Å². The van der Waals surface area contributed by atoms with Crippen LogP contribution < -0.4 is 5.32 Å². The fraction of sp³-hybridized carbons (Fsp3) is 0.800. The minimum Gasteiger partial charge on any atom is -0.310 e. The maximum Gasteiger partial charge on any atom is 0.0537 e. The Morgan fingerprint density at radius 3 is 2.78 bits per heavy atom. The second kappa shape index (κ2) is 6.93. The lowest BCUT2D eigenvalue weighted by molar-refractivity contribution is 0.274. The SMILES string of the molecule is CCCn1cc(C(NCC)C2CCCCC2)cn1. The van der Waals surface area contributed by atoms with E-state index < -0.39 is 0 Å². The molecule has 1 aliphatic carbocycles. The van der Waals surface area contributed by atoms with Crippen LogP contribution in [0.15, 0.2) is 12.4 Å². The normalized spacial score (nSPS) is 19.0. The number of aryl methyl sites for hydroxylation is 1. The molecule has 1 aromatic heterocycles. The van der Waals surface area contributed by atoms with Crippen molar-refractivity contribution in [3.05, 3.63) is 18.0 Å². The second-order valence-electron chi connectivity index (χ2n) is 5.47. The van der Waals surface area contributed by atoms with Crippen LogP contribution in [0.1, 0.15) is 64.0 Å². The van der Waals surface area contributed by atoms with Gasteiger partial charge in [-0.25, -0.2) is 0 Å². The average Bonchev–Trinajstić information content (AvgIpc) is 2.86. The molecule has 1 saturated carbocycles. The molecule has 0 spiro atoms. The Morgan fingerprint density at radius 1 is 1.33 bits per heavy atom. The fourth-order valence-corrected chi connectivity index (χ4v) is 3.14. The number of nitrogens with zero attached hydrogens (tertiary/aromatic N) is 2. The Labute approximate surface area is 111 Å². The van der Waals surface area contributed by atoms with Crippen molar-refractivity contribution in [2.75, 3.05) is 6.54 Å². The Bertz CT molecular complexity index is 339. The van der Waals surface area contributed by atoms with Gasteiger partial charge in [-0.3, -0.25) is 4.68 Å². The van der Waals surface area contributed by atoms with Gasteiger partial charge in [0.2, 0.25) is 0 Å². The quantitative estimate of drug-likeness (QED) is 0.836. The highest BCUT2D eigenvalue weighted by Crippen LogP contribution is 2.34. The van der Waals surface area contributed by atoms with E-state index in [1.165, 1.54) is 37.7 Å². The molecular weight excluding hydrogens is 222 g/mol. The number of aromatic nitrogens is 2. The molecule has 1 aromatic rings. The van der Waals surface area contributed by atoms with E-state index in [9.17, 15) is 0 Å². The Balaban J connectivity index is 2.06. The summed E-state index contributed by atoms with van der Waals surface area (Å²) < 4.78 is 2.09. The van der Waals surface area contributed by atoms with Gasteiger partial charge in [0.15, 0.2) is 0 Å². The molecule has 3 nitrogen and oxygen atoms in total. The van der Waals surface area contributed by atoms with Gasteiger partial charge < -0.3 is 5.32 Å². The molecule has 0 aromatic carbocycles. The van der Waals surface area contributed by atoms with Crippen molar-refractivity contribution in [3.8, 4) is 0 Å². The topological polar surface area (TPSA) is 29.9 Å². The monoisotopic (exact) mass is 249 g/mol. The Morgan fingerprint density at radius 2 is 2.11 bits per heavy atom. The summed E-state index contributed by atoms with van der Waals surface area (Å²) in [5.74, 6) is 0.804. The minimum atomic E-state index is 0.515. The molecule has 0 radical (unpaired) electrons. The number of rotatable bonds is 6. The van der Waals surface area contributed by atoms with Crippen molar-refractivity contribution in [1.82, 2.24) is 15.1 Å². The van der Waals surface area contributed by atoms with Gasteiger partial charge in [-0.1, -0.05) is 33.1 Å². The summed E-state index contributed by atoms with van der Waals surface area (Å²) in [6.45, 7) is 6.47. The summed E-state index contributed by atoms with van der Waals surface area (Å²) in [6.07, 6.45) is 12.4. The maximum absolute atomic E-state index is 4.48. The predicted molar refractivity (Wildman–Crippen MR) is 75.5 cm³/mol. The van der Waals surface area contributed by atoms with Crippen molar-refractivity contribution < 1.29 is 0 Å². The number of hydrogen-bond acceptors (Lipinski definition) is 2. The largest absolute Gasteiger partial charge is 0.310 e. The van der Waals surface area contributed by atoms with Crippen molar-refractivity contribution in [2.45, 2.75) is 65.0 Å². The van der Waals surface area contributed by atoms with E-state index in [2.05, 4.69) is 41.3 Å². The highest BCUT2D eigenvalue weighted by molar-refractivity contribution is 5.12. The van der Waals surface area contributed by atoms with Crippen molar-refractivity contribution in [1.29, 1.82) is 0 Å². The lowest BCUT2D eigenvalue weighted by atomic mass is 9.82. The zero-order valence-corrected chi connectivity index (χ0v) is 11.9. The average molecular weight is 249 g/mol. The first kappa shape index (κ1) is 13.6.